The van der Waals surface area contributed by atoms with Crippen molar-refractivity contribution in [1.29, 1.82) is 0 Å². The van der Waals surface area contributed by atoms with E-state index in [2.05, 4.69) is 0 Å². The summed E-state index contributed by atoms with van der Waals surface area (Å²) < 4.78 is 5.80. The molecule has 1 fully saturated rings. The molecular formula is C14H18ClNO3. The lowest BCUT2D eigenvalue weighted by Crippen LogP contribution is -2.53. The van der Waals surface area contributed by atoms with Gasteiger partial charge in [0.15, 0.2) is 5.75 Å². The normalized spacial score (nSPS) is 24.6. The number of nitrogens with zero attached hydrogens (tertiary/aromatic N) is 1. The zero-order valence-corrected chi connectivity index (χ0v) is 12.1. The molecule has 0 spiro atoms. The molecule has 0 N–H and O–H groups in total. The van der Waals surface area contributed by atoms with Gasteiger partial charge < -0.3 is 4.74 Å². The summed E-state index contributed by atoms with van der Waals surface area (Å²) in [5.74, 6) is 0.337. The molecule has 4 nitrogen and oxygen atoms in total. The number of hydrogen-bond acceptors (Lipinski definition) is 3. The van der Waals surface area contributed by atoms with E-state index in [1.165, 1.54) is 0 Å². The van der Waals surface area contributed by atoms with Gasteiger partial charge in [-0.15, -0.1) is 11.6 Å². The van der Waals surface area contributed by atoms with E-state index in [0.717, 1.165) is 18.4 Å². The lowest BCUT2D eigenvalue weighted by atomic mass is 9.68. The Morgan fingerprint density at radius 3 is 2.68 bits per heavy atom. The van der Waals surface area contributed by atoms with Crippen molar-refractivity contribution in [3.05, 3.63) is 33.9 Å². The summed E-state index contributed by atoms with van der Waals surface area (Å²) in [5.41, 5.74) is 0.814. The Morgan fingerprint density at radius 1 is 1.53 bits per heavy atom. The highest BCUT2D eigenvalue weighted by Crippen LogP contribution is 2.47. The smallest absolute Gasteiger partial charge is 0.311 e. The maximum absolute atomic E-state index is 11.1. The number of nitro groups is 1. The molecule has 0 saturated heterocycles. The van der Waals surface area contributed by atoms with E-state index < -0.39 is 4.92 Å². The van der Waals surface area contributed by atoms with Crippen LogP contribution in [0.2, 0.25) is 0 Å². The molecule has 2 rings (SSSR count). The predicted octanol–water partition coefficient (Wildman–Crippen LogP) is 3.94. The molecule has 5 heteroatoms. The van der Waals surface area contributed by atoms with Gasteiger partial charge in [-0.25, -0.2) is 0 Å². The Bertz CT molecular complexity index is 501. The number of nitro benzene ring substituents is 1. The Balaban J connectivity index is 2.23. The predicted molar refractivity (Wildman–Crippen MR) is 74.9 cm³/mol. The third-order valence-corrected chi connectivity index (χ3v) is 4.70. The molecular weight excluding hydrogens is 266 g/mol. The quantitative estimate of drug-likeness (QED) is 0.478. The summed E-state index contributed by atoms with van der Waals surface area (Å²) in [6.07, 6.45) is 1.42. The standard InChI is InChI=1S/C14H18ClNO3/c1-4-9-5-6-11(10(7-9)16(17)18)19-13-8-12(15)14(13,2)3/h5-7,12-13H,4,8H2,1-3H3. The third kappa shape index (κ3) is 2.54. The molecule has 0 aliphatic heterocycles. The van der Waals surface area contributed by atoms with Gasteiger partial charge in [0.2, 0.25) is 0 Å². The molecule has 0 amide bonds. The number of rotatable bonds is 4. The third-order valence-electron chi connectivity index (χ3n) is 3.96. The minimum absolute atomic E-state index is 0.0353. The second kappa shape index (κ2) is 5.00. The van der Waals surface area contributed by atoms with E-state index in [9.17, 15) is 10.1 Å². The van der Waals surface area contributed by atoms with E-state index in [1.54, 1.807) is 12.1 Å². The van der Waals surface area contributed by atoms with Crippen LogP contribution in [0.4, 0.5) is 5.69 Å². The van der Waals surface area contributed by atoms with Crippen molar-refractivity contribution in [3.63, 3.8) is 0 Å². The molecule has 2 unspecified atom stereocenters. The summed E-state index contributed by atoms with van der Waals surface area (Å²) in [7, 11) is 0. The lowest BCUT2D eigenvalue weighted by Gasteiger charge is -2.48. The number of hydrogen-bond donors (Lipinski definition) is 0. The van der Waals surface area contributed by atoms with E-state index >= 15 is 0 Å². The Kier molecular flexibility index (Phi) is 3.72. The summed E-state index contributed by atoms with van der Waals surface area (Å²) in [5, 5.41) is 11.2. The molecule has 19 heavy (non-hydrogen) atoms. The SMILES string of the molecule is CCc1ccc(OC2CC(Cl)C2(C)C)c([N+](=O)[O-])c1. The molecule has 1 aliphatic rings. The van der Waals surface area contributed by atoms with E-state index in [-0.39, 0.29) is 22.6 Å². The first-order chi connectivity index (χ1) is 8.86. The number of alkyl halides is 1. The van der Waals surface area contributed by atoms with Crippen molar-refractivity contribution in [1.82, 2.24) is 0 Å². The maximum Gasteiger partial charge on any atom is 0.311 e. The average Bonchev–Trinajstić information content (AvgIpc) is 2.38. The maximum atomic E-state index is 11.1. The fraction of sp³-hybridized carbons (Fsp3) is 0.571. The fourth-order valence-corrected chi connectivity index (χ4v) is 2.52. The second-order valence-corrected chi connectivity index (χ2v) is 6.07. The molecule has 0 aromatic heterocycles. The largest absolute Gasteiger partial charge is 0.483 e. The second-order valence-electron chi connectivity index (χ2n) is 5.54. The monoisotopic (exact) mass is 283 g/mol. The molecule has 0 heterocycles. The van der Waals surface area contributed by atoms with Gasteiger partial charge in [-0.1, -0.05) is 26.8 Å². The van der Waals surface area contributed by atoms with Crippen LogP contribution in [0.25, 0.3) is 0 Å². The summed E-state index contributed by atoms with van der Waals surface area (Å²) >= 11 is 6.14. The highest BCUT2D eigenvalue weighted by atomic mass is 35.5. The van der Waals surface area contributed by atoms with E-state index in [1.807, 2.05) is 26.8 Å². The van der Waals surface area contributed by atoms with Crippen LogP contribution >= 0.6 is 11.6 Å². The highest BCUT2D eigenvalue weighted by Gasteiger charge is 2.49. The Labute approximate surface area is 117 Å². The molecule has 104 valence electrons. The van der Waals surface area contributed by atoms with Crippen molar-refractivity contribution in [2.75, 3.05) is 0 Å². The van der Waals surface area contributed by atoms with Gasteiger partial charge in [0.1, 0.15) is 6.10 Å². The first-order valence-electron chi connectivity index (χ1n) is 6.44. The van der Waals surface area contributed by atoms with Crippen LogP contribution in [-0.2, 0) is 6.42 Å². The van der Waals surface area contributed by atoms with Crippen LogP contribution in [0.1, 0.15) is 32.8 Å². The minimum Gasteiger partial charge on any atom is -0.483 e. The lowest BCUT2D eigenvalue weighted by molar-refractivity contribution is -0.386. The van der Waals surface area contributed by atoms with Gasteiger partial charge in [-0.3, -0.25) is 10.1 Å². The van der Waals surface area contributed by atoms with Crippen LogP contribution < -0.4 is 4.74 Å². The van der Waals surface area contributed by atoms with Gasteiger partial charge in [0.25, 0.3) is 0 Å². The molecule has 1 aromatic rings. The highest BCUT2D eigenvalue weighted by molar-refractivity contribution is 6.21. The number of ether oxygens (including phenoxy) is 1. The molecule has 2 atom stereocenters. The van der Waals surface area contributed by atoms with Crippen LogP contribution in [0.15, 0.2) is 18.2 Å². The summed E-state index contributed by atoms with van der Waals surface area (Å²) in [4.78, 5) is 10.7. The zero-order chi connectivity index (χ0) is 14.2. The zero-order valence-electron chi connectivity index (χ0n) is 11.4. The van der Waals surface area contributed by atoms with Gasteiger partial charge in [-0.2, -0.15) is 0 Å². The Hall–Kier alpha value is -1.29. The summed E-state index contributed by atoms with van der Waals surface area (Å²) in [6.45, 7) is 6.00. The van der Waals surface area contributed by atoms with Gasteiger partial charge in [0, 0.05) is 23.3 Å². The van der Waals surface area contributed by atoms with Crippen molar-refractivity contribution < 1.29 is 9.66 Å². The van der Waals surface area contributed by atoms with Crippen LogP contribution in [0.3, 0.4) is 0 Å². The molecule has 1 saturated carbocycles. The molecule has 1 aliphatic carbocycles. The average molecular weight is 284 g/mol. The number of halogens is 1. The van der Waals surface area contributed by atoms with Crippen molar-refractivity contribution in [3.8, 4) is 5.75 Å². The topological polar surface area (TPSA) is 52.4 Å². The molecule has 0 radical (unpaired) electrons. The van der Waals surface area contributed by atoms with Crippen LogP contribution in [-0.4, -0.2) is 16.4 Å². The van der Waals surface area contributed by atoms with E-state index in [0.29, 0.717) is 5.75 Å². The van der Waals surface area contributed by atoms with Gasteiger partial charge in [0.05, 0.1) is 4.92 Å². The first kappa shape index (κ1) is 14.1. The van der Waals surface area contributed by atoms with Crippen molar-refractivity contribution in [2.24, 2.45) is 5.41 Å². The van der Waals surface area contributed by atoms with Crippen LogP contribution in [0.5, 0.6) is 5.75 Å². The molecule has 1 aromatic carbocycles. The van der Waals surface area contributed by atoms with Crippen molar-refractivity contribution >= 4 is 17.3 Å². The fourth-order valence-electron chi connectivity index (χ4n) is 2.22. The van der Waals surface area contributed by atoms with E-state index in [4.69, 9.17) is 16.3 Å². The minimum atomic E-state index is -0.391. The molecule has 0 bridgehead atoms. The number of aryl methyl sites for hydroxylation is 1. The van der Waals surface area contributed by atoms with Crippen molar-refractivity contribution in [2.45, 2.75) is 45.1 Å². The van der Waals surface area contributed by atoms with Crippen LogP contribution in [0, 0.1) is 15.5 Å². The summed E-state index contributed by atoms with van der Waals surface area (Å²) in [6, 6.07) is 5.14. The van der Waals surface area contributed by atoms with Gasteiger partial charge >= 0.3 is 5.69 Å². The van der Waals surface area contributed by atoms with Gasteiger partial charge in [-0.05, 0) is 18.1 Å². The Morgan fingerprint density at radius 2 is 2.21 bits per heavy atom. The first-order valence-corrected chi connectivity index (χ1v) is 6.88. The number of benzene rings is 1.